The second kappa shape index (κ2) is 8.11. The smallest absolute Gasteiger partial charge is 0.341 e. The molecular formula is C16H13N3O5S2. The largest absolute Gasteiger partial charge is 0.457 e. The van der Waals surface area contributed by atoms with E-state index in [4.69, 9.17) is 9.26 Å². The zero-order valence-corrected chi connectivity index (χ0v) is 15.2. The summed E-state index contributed by atoms with van der Waals surface area (Å²) in [4.78, 5) is 26.8. The number of hydrogen-bond donors (Lipinski definition) is 0. The van der Waals surface area contributed by atoms with Gasteiger partial charge in [-0.05, 0) is 19.1 Å². The van der Waals surface area contributed by atoms with Crippen molar-refractivity contribution >= 4 is 34.1 Å². The Morgan fingerprint density at radius 2 is 2.31 bits per heavy atom. The van der Waals surface area contributed by atoms with Gasteiger partial charge in [-0.2, -0.15) is 0 Å². The summed E-state index contributed by atoms with van der Waals surface area (Å²) in [6.45, 7) is 1.77. The number of aromatic nitrogens is 2. The average molecular weight is 391 g/mol. The Labute approximate surface area is 156 Å². The lowest BCUT2D eigenvalue weighted by Crippen LogP contribution is -2.07. The van der Waals surface area contributed by atoms with Crippen molar-refractivity contribution in [1.29, 1.82) is 0 Å². The minimum atomic E-state index is -0.536. The van der Waals surface area contributed by atoms with Crippen LogP contribution in [-0.4, -0.2) is 21.0 Å². The van der Waals surface area contributed by atoms with Gasteiger partial charge in [-0.25, -0.2) is 9.78 Å². The number of carbonyl (C=O) groups excluding carboxylic acids is 1. The molecule has 26 heavy (non-hydrogen) atoms. The molecule has 10 heteroatoms. The number of rotatable bonds is 7. The molecule has 0 bridgehead atoms. The fourth-order valence-corrected chi connectivity index (χ4v) is 3.63. The molecule has 134 valence electrons. The Bertz CT molecular complexity index is 937. The summed E-state index contributed by atoms with van der Waals surface area (Å²) in [5.74, 6) is 0.683. The van der Waals surface area contributed by atoms with Gasteiger partial charge in [-0.3, -0.25) is 10.1 Å². The van der Waals surface area contributed by atoms with Gasteiger partial charge in [-0.1, -0.05) is 28.3 Å². The predicted octanol–water partition coefficient (Wildman–Crippen LogP) is 4.00. The van der Waals surface area contributed by atoms with Crippen LogP contribution in [0.25, 0.3) is 0 Å². The van der Waals surface area contributed by atoms with E-state index in [0.29, 0.717) is 27.7 Å². The van der Waals surface area contributed by atoms with Gasteiger partial charge < -0.3 is 9.26 Å². The molecule has 3 aromatic heterocycles. The first-order chi connectivity index (χ1) is 12.5. The molecular weight excluding hydrogens is 378 g/mol. The van der Waals surface area contributed by atoms with Gasteiger partial charge in [0.25, 0.3) is 0 Å². The van der Waals surface area contributed by atoms with Crippen molar-refractivity contribution in [2.45, 2.75) is 24.3 Å². The van der Waals surface area contributed by atoms with Crippen molar-refractivity contribution in [1.82, 2.24) is 10.1 Å². The third-order valence-electron chi connectivity index (χ3n) is 3.21. The molecule has 0 radical (unpaired) electrons. The highest BCUT2D eigenvalue weighted by Gasteiger charge is 2.16. The predicted molar refractivity (Wildman–Crippen MR) is 95.1 cm³/mol. The summed E-state index contributed by atoms with van der Waals surface area (Å²) in [7, 11) is 0. The zero-order valence-electron chi connectivity index (χ0n) is 13.6. The van der Waals surface area contributed by atoms with Crippen LogP contribution in [0.15, 0.2) is 45.4 Å². The van der Waals surface area contributed by atoms with Gasteiger partial charge in [0.05, 0.1) is 16.2 Å². The molecule has 3 heterocycles. The maximum atomic E-state index is 12.4. The summed E-state index contributed by atoms with van der Waals surface area (Å²) in [5, 5.41) is 16.7. The molecule has 0 aromatic carbocycles. The molecule has 8 nitrogen and oxygen atoms in total. The first kappa shape index (κ1) is 18.1. The second-order valence-corrected chi connectivity index (χ2v) is 7.05. The highest BCUT2D eigenvalue weighted by atomic mass is 32.2. The van der Waals surface area contributed by atoms with Crippen molar-refractivity contribution < 1.29 is 19.0 Å². The lowest BCUT2D eigenvalue weighted by atomic mass is 10.3. The molecule has 0 aliphatic heterocycles. The minimum absolute atomic E-state index is 0.0107. The Kier molecular flexibility index (Phi) is 5.64. The first-order valence-electron chi connectivity index (χ1n) is 7.42. The minimum Gasteiger partial charge on any atom is -0.457 e. The molecule has 0 fully saturated rings. The Balaban J connectivity index is 1.64. The summed E-state index contributed by atoms with van der Waals surface area (Å²) < 4.78 is 10.3. The SMILES string of the molecule is Cc1cc(CSc2ncccc2C(=O)OCc2csc([N+](=O)[O-])c2)no1. The number of esters is 1. The Morgan fingerprint density at radius 3 is 3.00 bits per heavy atom. The van der Waals surface area contributed by atoms with E-state index in [1.807, 2.05) is 6.07 Å². The van der Waals surface area contributed by atoms with E-state index in [-0.39, 0.29) is 11.6 Å². The first-order valence-corrected chi connectivity index (χ1v) is 9.28. The molecule has 3 aromatic rings. The normalized spacial score (nSPS) is 10.7. The molecule has 0 saturated carbocycles. The highest BCUT2D eigenvalue weighted by Crippen LogP contribution is 2.26. The van der Waals surface area contributed by atoms with Crippen LogP contribution in [0.5, 0.6) is 0 Å². The summed E-state index contributed by atoms with van der Waals surface area (Å²) >= 11 is 2.34. The molecule has 0 N–H and O–H groups in total. The van der Waals surface area contributed by atoms with E-state index in [1.54, 1.807) is 30.6 Å². The summed E-state index contributed by atoms with van der Waals surface area (Å²) in [5.41, 5.74) is 1.66. The maximum Gasteiger partial charge on any atom is 0.341 e. The lowest BCUT2D eigenvalue weighted by Gasteiger charge is -2.07. The summed E-state index contributed by atoms with van der Waals surface area (Å²) in [6, 6.07) is 6.49. The van der Waals surface area contributed by atoms with Crippen LogP contribution >= 0.6 is 23.1 Å². The molecule has 0 aliphatic rings. The van der Waals surface area contributed by atoms with E-state index in [1.165, 1.54) is 17.8 Å². The highest BCUT2D eigenvalue weighted by molar-refractivity contribution is 7.98. The van der Waals surface area contributed by atoms with Gasteiger partial charge in [0, 0.05) is 35.0 Å². The number of hydrogen-bond acceptors (Lipinski definition) is 9. The maximum absolute atomic E-state index is 12.4. The lowest BCUT2D eigenvalue weighted by molar-refractivity contribution is -0.380. The molecule has 0 atom stereocenters. The molecule has 0 saturated heterocycles. The number of nitrogens with zero attached hydrogens (tertiary/aromatic N) is 3. The average Bonchev–Trinajstić information content (AvgIpc) is 3.27. The van der Waals surface area contributed by atoms with Crippen LogP contribution in [0.3, 0.4) is 0 Å². The Morgan fingerprint density at radius 1 is 1.46 bits per heavy atom. The van der Waals surface area contributed by atoms with E-state index in [2.05, 4.69) is 10.1 Å². The van der Waals surface area contributed by atoms with Gasteiger partial charge in [0.15, 0.2) is 0 Å². The van der Waals surface area contributed by atoms with Crippen LogP contribution in [0, 0.1) is 17.0 Å². The van der Waals surface area contributed by atoms with Gasteiger partial charge in [-0.15, -0.1) is 0 Å². The molecule has 3 rings (SSSR count). The molecule has 0 aliphatic carbocycles. The zero-order chi connectivity index (χ0) is 18.5. The quantitative estimate of drug-likeness (QED) is 0.257. The van der Waals surface area contributed by atoms with Crippen LogP contribution in [0.4, 0.5) is 5.00 Å². The van der Waals surface area contributed by atoms with E-state index >= 15 is 0 Å². The number of pyridine rings is 1. The van der Waals surface area contributed by atoms with Crippen LogP contribution < -0.4 is 0 Å². The van der Waals surface area contributed by atoms with Gasteiger partial charge >= 0.3 is 11.0 Å². The fraction of sp³-hybridized carbons (Fsp3) is 0.188. The molecule has 0 unspecified atom stereocenters. The van der Waals surface area contributed by atoms with Crippen molar-refractivity contribution in [2.24, 2.45) is 0 Å². The number of thioether (sulfide) groups is 1. The van der Waals surface area contributed by atoms with Crippen molar-refractivity contribution in [3.05, 3.63) is 68.5 Å². The standard InChI is InChI=1S/C16H13N3O5S2/c1-10-5-12(18-24-10)9-26-15-13(3-2-4-17-15)16(20)23-7-11-6-14(19(21)22)25-8-11/h2-6,8H,7,9H2,1H3. The Hall–Kier alpha value is -2.72. The van der Waals surface area contributed by atoms with Crippen LogP contribution in [0.1, 0.15) is 27.4 Å². The molecule has 0 amide bonds. The van der Waals surface area contributed by atoms with E-state index in [9.17, 15) is 14.9 Å². The fourth-order valence-electron chi connectivity index (χ4n) is 2.05. The monoisotopic (exact) mass is 391 g/mol. The third-order valence-corrected chi connectivity index (χ3v) is 5.18. The topological polar surface area (TPSA) is 108 Å². The van der Waals surface area contributed by atoms with Crippen molar-refractivity contribution in [2.75, 3.05) is 0 Å². The molecule has 0 spiro atoms. The van der Waals surface area contributed by atoms with E-state index in [0.717, 1.165) is 17.0 Å². The number of ether oxygens (including phenoxy) is 1. The number of thiophene rings is 1. The van der Waals surface area contributed by atoms with E-state index < -0.39 is 10.9 Å². The van der Waals surface area contributed by atoms with Crippen molar-refractivity contribution in [3.8, 4) is 0 Å². The van der Waals surface area contributed by atoms with Crippen LogP contribution in [-0.2, 0) is 17.1 Å². The van der Waals surface area contributed by atoms with Crippen LogP contribution in [0.2, 0.25) is 0 Å². The van der Waals surface area contributed by atoms with Crippen molar-refractivity contribution in [3.63, 3.8) is 0 Å². The number of carbonyl (C=O) groups is 1. The van der Waals surface area contributed by atoms with Gasteiger partial charge in [0.2, 0.25) is 0 Å². The van der Waals surface area contributed by atoms with Gasteiger partial charge in [0.1, 0.15) is 17.4 Å². The number of nitro groups is 1. The third kappa shape index (κ3) is 4.46. The number of aryl methyl sites for hydroxylation is 1. The second-order valence-electron chi connectivity index (χ2n) is 5.20. The summed E-state index contributed by atoms with van der Waals surface area (Å²) in [6.07, 6.45) is 1.59.